The van der Waals surface area contributed by atoms with Crippen LogP contribution in [0.2, 0.25) is 0 Å². The number of benzene rings is 1. The third-order valence-electron chi connectivity index (χ3n) is 3.09. The van der Waals surface area contributed by atoms with Crippen LogP contribution < -0.4 is 5.32 Å². The van der Waals surface area contributed by atoms with E-state index in [1.807, 2.05) is 13.1 Å². The molecular formula is C14H22BrNO. The van der Waals surface area contributed by atoms with Crippen molar-refractivity contribution >= 4 is 15.9 Å². The summed E-state index contributed by atoms with van der Waals surface area (Å²) in [7, 11) is 3.80. The minimum absolute atomic E-state index is 0.275. The van der Waals surface area contributed by atoms with Gasteiger partial charge in [-0.25, -0.2) is 0 Å². The molecule has 0 aliphatic heterocycles. The van der Waals surface area contributed by atoms with Crippen LogP contribution in [0.25, 0.3) is 0 Å². The third-order valence-corrected chi connectivity index (χ3v) is 3.87. The van der Waals surface area contributed by atoms with Gasteiger partial charge < -0.3 is 10.1 Å². The van der Waals surface area contributed by atoms with Gasteiger partial charge in [0, 0.05) is 17.6 Å². The van der Waals surface area contributed by atoms with Crippen LogP contribution in [-0.2, 0) is 11.2 Å². The Morgan fingerprint density at radius 2 is 2.06 bits per heavy atom. The summed E-state index contributed by atoms with van der Waals surface area (Å²) < 4.78 is 6.75. The summed E-state index contributed by atoms with van der Waals surface area (Å²) in [5.41, 5.74) is 1.32. The number of hydrogen-bond donors (Lipinski definition) is 1. The zero-order valence-electron chi connectivity index (χ0n) is 10.9. The molecule has 0 spiro atoms. The van der Waals surface area contributed by atoms with Crippen LogP contribution in [0.15, 0.2) is 28.7 Å². The van der Waals surface area contributed by atoms with Crippen molar-refractivity contribution in [1.82, 2.24) is 5.32 Å². The lowest BCUT2D eigenvalue weighted by Crippen LogP contribution is -2.40. The van der Waals surface area contributed by atoms with Gasteiger partial charge in [0.2, 0.25) is 0 Å². The summed E-state index contributed by atoms with van der Waals surface area (Å²) in [6.45, 7) is 2.19. The van der Waals surface area contributed by atoms with Crippen molar-refractivity contribution in [2.24, 2.45) is 0 Å². The first-order valence-corrected chi connectivity index (χ1v) is 6.95. The lowest BCUT2D eigenvalue weighted by Gasteiger charge is -2.26. The molecule has 1 rings (SSSR count). The number of rotatable bonds is 7. The average molecular weight is 300 g/mol. The van der Waals surface area contributed by atoms with Gasteiger partial charge >= 0.3 is 0 Å². The fourth-order valence-electron chi connectivity index (χ4n) is 2.09. The third kappa shape index (κ3) is 4.41. The van der Waals surface area contributed by atoms with Crippen LogP contribution in [0.4, 0.5) is 0 Å². The molecule has 0 bridgehead atoms. The van der Waals surface area contributed by atoms with E-state index in [0.29, 0.717) is 6.04 Å². The van der Waals surface area contributed by atoms with Crippen molar-refractivity contribution in [3.05, 3.63) is 34.3 Å². The van der Waals surface area contributed by atoms with E-state index in [-0.39, 0.29) is 6.10 Å². The first-order valence-electron chi connectivity index (χ1n) is 6.16. The van der Waals surface area contributed by atoms with E-state index in [4.69, 9.17) is 4.74 Å². The Morgan fingerprint density at radius 1 is 1.35 bits per heavy atom. The SMILES string of the molecule is CCCC(OC)C(Cc1ccccc1Br)NC. The molecule has 0 saturated heterocycles. The van der Waals surface area contributed by atoms with Crippen molar-refractivity contribution in [2.75, 3.05) is 14.2 Å². The molecule has 1 N–H and O–H groups in total. The Balaban J connectivity index is 2.72. The highest BCUT2D eigenvalue weighted by molar-refractivity contribution is 9.10. The summed E-state index contributed by atoms with van der Waals surface area (Å²) >= 11 is 3.60. The molecule has 0 amide bonds. The minimum atomic E-state index is 0.275. The normalized spacial score (nSPS) is 14.6. The number of ether oxygens (including phenoxy) is 1. The monoisotopic (exact) mass is 299 g/mol. The molecule has 1 aromatic rings. The molecule has 0 saturated carbocycles. The lowest BCUT2D eigenvalue weighted by atomic mass is 9.98. The van der Waals surface area contributed by atoms with Crippen LogP contribution in [0.3, 0.4) is 0 Å². The van der Waals surface area contributed by atoms with Crippen LogP contribution in [-0.4, -0.2) is 26.3 Å². The maximum absolute atomic E-state index is 5.58. The molecule has 0 fully saturated rings. The smallest absolute Gasteiger partial charge is 0.0727 e. The highest BCUT2D eigenvalue weighted by Gasteiger charge is 2.19. The fraction of sp³-hybridized carbons (Fsp3) is 0.571. The van der Waals surface area contributed by atoms with E-state index in [1.54, 1.807) is 7.11 Å². The number of likely N-dealkylation sites (N-methyl/N-ethyl adjacent to an activating group) is 1. The van der Waals surface area contributed by atoms with Crippen molar-refractivity contribution in [3.8, 4) is 0 Å². The summed E-state index contributed by atoms with van der Waals surface area (Å²) in [6.07, 6.45) is 3.49. The molecule has 0 radical (unpaired) electrons. The van der Waals surface area contributed by atoms with Crippen LogP contribution >= 0.6 is 15.9 Å². The molecule has 17 heavy (non-hydrogen) atoms. The Bertz CT molecular complexity index is 330. The largest absolute Gasteiger partial charge is 0.380 e. The quantitative estimate of drug-likeness (QED) is 0.833. The Morgan fingerprint density at radius 3 is 2.59 bits per heavy atom. The molecule has 0 aliphatic rings. The van der Waals surface area contributed by atoms with Gasteiger partial charge in [-0.05, 0) is 31.5 Å². The first kappa shape index (κ1) is 14.7. The number of halogens is 1. The Hall–Kier alpha value is -0.380. The average Bonchev–Trinajstić information content (AvgIpc) is 2.35. The Kier molecular flexibility index (Phi) is 6.78. The van der Waals surface area contributed by atoms with Crippen LogP contribution in [0.1, 0.15) is 25.3 Å². The summed E-state index contributed by atoms with van der Waals surface area (Å²) in [4.78, 5) is 0. The molecular weight excluding hydrogens is 278 g/mol. The van der Waals surface area contributed by atoms with Crippen molar-refractivity contribution in [2.45, 2.75) is 38.3 Å². The summed E-state index contributed by atoms with van der Waals surface area (Å²) in [5.74, 6) is 0. The highest BCUT2D eigenvalue weighted by atomic mass is 79.9. The van der Waals surface area contributed by atoms with E-state index in [9.17, 15) is 0 Å². The van der Waals surface area contributed by atoms with E-state index < -0.39 is 0 Å². The standard InChI is InChI=1S/C14H22BrNO/c1-4-7-14(17-3)13(16-2)10-11-8-5-6-9-12(11)15/h5-6,8-9,13-14,16H,4,7,10H2,1-3H3. The van der Waals surface area contributed by atoms with E-state index in [2.05, 4.69) is 46.4 Å². The van der Waals surface area contributed by atoms with Crippen molar-refractivity contribution in [3.63, 3.8) is 0 Å². The maximum atomic E-state index is 5.58. The van der Waals surface area contributed by atoms with Gasteiger partial charge in [0.25, 0.3) is 0 Å². The lowest BCUT2D eigenvalue weighted by molar-refractivity contribution is 0.0632. The molecule has 2 nitrogen and oxygen atoms in total. The Labute approximate surface area is 113 Å². The van der Waals surface area contributed by atoms with E-state index in [0.717, 1.165) is 19.3 Å². The van der Waals surface area contributed by atoms with Crippen LogP contribution in [0, 0.1) is 0 Å². The molecule has 1 aromatic carbocycles. The minimum Gasteiger partial charge on any atom is -0.380 e. The summed E-state index contributed by atoms with van der Waals surface area (Å²) in [6, 6.07) is 8.73. The highest BCUT2D eigenvalue weighted by Crippen LogP contribution is 2.20. The number of nitrogens with one attached hydrogen (secondary N) is 1. The van der Waals surface area contributed by atoms with Gasteiger partial charge in [0.05, 0.1) is 6.10 Å². The second-order valence-electron chi connectivity index (χ2n) is 4.25. The zero-order valence-corrected chi connectivity index (χ0v) is 12.5. The predicted molar refractivity (Wildman–Crippen MR) is 76.4 cm³/mol. The summed E-state index contributed by atoms with van der Waals surface area (Å²) in [5, 5.41) is 3.37. The van der Waals surface area contributed by atoms with Gasteiger partial charge in [-0.2, -0.15) is 0 Å². The van der Waals surface area contributed by atoms with Gasteiger partial charge in [-0.15, -0.1) is 0 Å². The van der Waals surface area contributed by atoms with Gasteiger partial charge in [0.1, 0.15) is 0 Å². The second kappa shape index (κ2) is 7.85. The molecule has 0 aromatic heterocycles. The maximum Gasteiger partial charge on any atom is 0.0727 e. The number of hydrogen-bond acceptors (Lipinski definition) is 2. The molecule has 96 valence electrons. The van der Waals surface area contributed by atoms with Gasteiger partial charge in [-0.1, -0.05) is 47.5 Å². The molecule has 2 atom stereocenters. The fourth-order valence-corrected chi connectivity index (χ4v) is 2.53. The first-order chi connectivity index (χ1) is 8.22. The van der Waals surface area contributed by atoms with E-state index in [1.165, 1.54) is 10.0 Å². The topological polar surface area (TPSA) is 21.3 Å². The molecule has 3 heteroatoms. The molecule has 0 aliphatic carbocycles. The van der Waals surface area contributed by atoms with Crippen molar-refractivity contribution in [1.29, 1.82) is 0 Å². The zero-order chi connectivity index (χ0) is 12.7. The number of methoxy groups -OCH3 is 1. The second-order valence-corrected chi connectivity index (χ2v) is 5.11. The van der Waals surface area contributed by atoms with Gasteiger partial charge in [0.15, 0.2) is 0 Å². The van der Waals surface area contributed by atoms with Gasteiger partial charge in [-0.3, -0.25) is 0 Å². The van der Waals surface area contributed by atoms with Crippen molar-refractivity contribution < 1.29 is 4.74 Å². The van der Waals surface area contributed by atoms with Crippen LogP contribution in [0.5, 0.6) is 0 Å². The molecule has 0 heterocycles. The molecule has 2 unspecified atom stereocenters. The van der Waals surface area contributed by atoms with E-state index >= 15 is 0 Å². The predicted octanol–water partition coefficient (Wildman–Crippen LogP) is 3.39.